The number of pyridine rings is 1. The highest BCUT2D eigenvalue weighted by Crippen LogP contribution is 2.31. The number of amides is 1. The lowest BCUT2D eigenvalue weighted by Crippen LogP contribution is -2.24. The third-order valence-electron chi connectivity index (χ3n) is 4.21. The summed E-state index contributed by atoms with van der Waals surface area (Å²) in [6.07, 6.45) is -4.55. The summed E-state index contributed by atoms with van der Waals surface area (Å²) < 4.78 is 44.9. The molecule has 9 heteroatoms. The van der Waals surface area contributed by atoms with Crippen molar-refractivity contribution >= 4 is 27.5 Å². The fourth-order valence-electron chi connectivity index (χ4n) is 2.79. The highest BCUT2D eigenvalue weighted by atomic mass is 32.1. The smallest absolute Gasteiger partial charge is 0.433 e. The Balaban J connectivity index is 1.45. The number of rotatable bonds is 4. The van der Waals surface area contributed by atoms with Crippen LogP contribution in [0.3, 0.4) is 0 Å². The lowest BCUT2D eigenvalue weighted by Gasteiger charge is -2.10. The van der Waals surface area contributed by atoms with Gasteiger partial charge in [-0.15, -0.1) is 11.3 Å². The topological polar surface area (TPSA) is 68.0 Å². The Morgan fingerprint density at radius 3 is 2.62 bits per heavy atom. The van der Waals surface area contributed by atoms with Gasteiger partial charge in [0.2, 0.25) is 0 Å². The Hall–Kier alpha value is -3.20. The molecule has 0 unspecified atom stereocenters. The predicted octanol–water partition coefficient (Wildman–Crippen LogP) is 5.21. The molecule has 0 saturated carbocycles. The molecule has 29 heavy (non-hydrogen) atoms. The van der Waals surface area contributed by atoms with Crippen molar-refractivity contribution in [2.75, 3.05) is 0 Å². The van der Waals surface area contributed by atoms with Gasteiger partial charge in [-0.2, -0.15) is 13.2 Å². The molecule has 0 aliphatic rings. The van der Waals surface area contributed by atoms with E-state index in [2.05, 4.69) is 15.3 Å². The molecule has 148 valence electrons. The SMILES string of the molecule is Cc1nc(C(F)(F)F)ccc1C(=O)NCc1ccc(-c2nc3ccccc3s2)o1. The number of halogens is 3. The molecular weight excluding hydrogens is 403 g/mol. The highest BCUT2D eigenvalue weighted by Gasteiger charge is 2.33. The molecule has 5 nitrogen and oxygen atoms in total. The number of fused-ring (bicyclic) bond motifs is 1. The van der Waals surface area contributed by atoms with Crippen molar-refractivity contribution in [3.63, 3.8) is 0 Å². The zero-order valence-corrected chi connectivity index (χ0v) is 15.9. The van der Waals surface area contributed by atoms with Crippen molar-refractivity contribution in [1.29, 1.82) is 0 Å². The monoisotopic (exact) mass is 417 g/mol. The molecule has 0 aliphatic carbocycles. The van der Waals surface area contributed by atoms with Crippen LogP contribution >= 0.6 is 11.3 Å². The average molecular weight is 417 g/mol. The number of alkyl halides is 3. The maximum atomic E-state index is 12.7. The second-order valence-electron chi connectivity index (χ2n) is 6.26. The van der Waals surface area contributed by atoms with E-state index in [9.17, 15) is 18.0 Å². The maximum absolute atomic E-state index is 12.7. The van der Waals surface area contributed by atoms with E-state index < -0.39 is 17.8 Å². The minimum Gasteiger partial charge on any atom is -0.457 e. The van der Waals surface area contributed by atoms with Crippen molar-refractivity contribution in [2.45, 2.75) is 19.6 Å². The molecule has 0 saturated heterocycles. The van der Waals surface area contributed by atoms with Gasteiger partial charge in [0.05, 0.1) is 28.0 Å². The number of nitrogens with zero attached hydrogens (tertiary/aromatic N) is 2. The molecule has 3 heterocycles. The number of carbonyl (C=O) groups excluding carboxylic acids is 1. The average Bonchev–Trinajstić information content (AvgIpc) is 3.32. The van der Waals surface area contributed by atoms with Crippen LogP contribution in [0.15, 0.2) is 52.9 Å². The molecule has 1 aromatic carbocycles. The van der Waals surface area contributed by atoms with E-state index in [0.717, 1.165) is 27.4 Å². The molecule has 4 aromatic rings. The molecule has 0 aliphatic heterocycles. The minimum atomic E-state index is -4.55. The second-order valence-corrected chi connectivity index (χ2v) is 7.29. The molecule has 1 amide bonds. The van der Waals surface area contributed by atoms with Crippen molar-refractivity contribution in [1.82, 2.24) is 15.3 Å². The van der Waals surface area contributed by atoms with Gasteiger partial charge in [-0.05, 0) is 43.3 Å². The summed E-state index contributed by atoms with van der Waals surface area (Å²) in [5.74, 6) is 0.564. The number of carbonyl (C=O) groups is 1. The van der Waals surface area contributed by atoms with E-state index in [-0.39, 0.29) is 17.8 Å². The number of thiazole rings is 1. The number of hydrogen-bond acceptors (Lipinski definition) is 5. The van der Waals surface area contributed by atoms with Crippen LogP contribution in [0.5, 0.6) is 0 Å². The summed E-state index contributed by atoms with van der Waals surface area (Å²) in [4.78, 5) is 20.3. The van der Waals surface area contributed by atoms with E-state index >= 15 is 0 Å². The van der Waals surface area contributed by atoms with Gasteiger partial charge < -0.3 is 9.73 Å². The van der Waals surface area contributed by atoms with Crippen LogP contribution in [0.1, 0.15) is 27.5 Å². The van der Waals surface area contributed by atoms with E-state index in [4.69, 9.17) is 4.42 Å². The molecule has 3 aromatic heterocycles. The Morgan fingerprint density at radius 2 is 1.90 bits per heavy atom. The molecular formula is C20H14F3N3O2S. The Morgan fingerprint density at radius 1 is 1.10 bits per heavy atom. The molecule has 0 radical (unpaired) electrons. The number of benzene rings is 1. The Labute approximate surface area is 167 Å². The number of para-hydroxylation sites is 1. The van der Waals surface area contributed by atoms with Gasteiger partial charge in [0.15, 0.2) is 10.8 Å². The van der Waals surface area contributed by atoms with Gasteiger partial charge in [-0.3, -0.25) is 4.79 Å². The van der Waals surface area contributed by atoms with E-state index in [1.165, 1.54) is 18.3 Å². The van der Waals surface area contributed by atoms with Crippen LogP contribution < -0.4 is 5.32 Å². The predicted molar refractivity (Wildman–Crippen MR) is 102 cm³/mol. The highest BCUT2D eigenvalue weighted by molar-refractivity contribution is 7.21. The first kappa shape index (κ1) is 19.1. The lowest BCUT2D eigenvalue weighted by molar-refractivity contribution is -0.141. The third-order valence-corrected chi connectivity index (χ3v) is 5.26. The third kappa shape index (κ3) is 4.00. The summed E-state index contributed by atoms with van der Waals surface area (Å²) >= 11 is 1.50. The Kier molecular flexibility index (Phi) is 4.83. The molecule has 0 bridgehead atoms. The zero-order valence-electron chi connectivity index (χ0n) is 15.1. The molecule has 4 rings (SSSR count). The summed E-state index contributed by atoms with van der Waals surface area (Å²) in [6, 6.07) is 13.1. The van der Waals surface area contributed by atoms with E-state index in [0.29, 0.717) is 11.5 Å². The fourth-order valence-corrected chi connectivity index (χ4v) is 3.71. The molecule has 0 spiro atoms. The van der Waals surface area contributed by atoms with Crippen LogP contribution in [-0.4, -0.2) is 15.9 Å². The van der Waals surface area contributed by atoms with Crippen LogP contribution in [0.4, 0.5) is 13.2 Å². The summed E-state index contributed by atoms with van der Waals surface area (Å²) in [5, 5.41) is 3.36. The first-order valence-corrected chi connectivity index (χ1v) is 9.40. The summed E-state index contributed by atoms with van der Waals surface area (Å²) in [6.45, 7) is 1.45. The maximum Gasteiger partial charge on any atom is 0.433 e. The first-order chi connectivity index (χ1) is 13.8. The normalized spacial score (nSPS) is 11.7. The minimum absolute atomic E-state index is 0.00642. The quantitative estimate of drug-likeness (QED) is 0.495. The summed E-state index contributed by atoms with van der Waals surface area (Å²) in [7, 11) is 0. The van der Waals surface area contributed by atoms with Gasteiger partial charge in [0, 0.05) is 0 Å². The fraction of sp³-hybridized carbons (Fsp3) is 0.150. The first-order valence-electron chi connectivity index (χ1n) is 8.59. The standard InChI is InChI=1S/C20H14F3N3O2S/c1-11-13(7-9-17(25-11)20(21,22)23)18(27)24-10-12-6-8-15(28-12)19-26-14-4-2-3-5-16(14)29-19/h2-9H,10H2,1H3,(H,24,27). The van der Waals surface area contributed by atoms with Gasteiger partial charge in [0.25, 0.3) is 5.91 Å². The van der Waals surface area contributed by atoms with Crippen molar-refractivity contribution in [3.8, 4) is 10.8 Å². The number of hydrogen-bond donors (Lipinski definition) is 1. The van der Waals surface area contributed by atoms with Gasteiger partial charge in [0.1, 0.15) is 11.5 Å². The zero-order chi connectivity index (χ0) is 20.6. The van der Waals surface area contributed by atoms with Crippen LogP contribution in [0, 0.1) is 6.92 Å². The number of aromatic nitrogens is 2. The van der Waals surface area contributed by atoms with Gasteiger partial charge >= 0.3 is 6.18 Å². The van der Waals surface area contributed by atoms with Crippen molar-refractivity contribution in [2.24, 2.45) is 0 Å². The van der Waals surface area contributed by atoms with Crippen molar-refractivity contribution < 1.29 is 22.4 Å². The van der Waals surface area contributed by atoms with Crippen molar-refractivity contribution in [3.05, 3.63) is 71.2 Å². The van der Waals surface area contributed by atoms with E-state index in [1.54, 1.807) is 12.1 Å². The van der Waals surface area contributed by atoms with Crippen LogP contribution in [-0.2, 0) is 12.7 Å². The van der Waals surface area contributed by atoms with Gasteiger partial charge in [-0.1, -0.05) is 12.1 Å². The largest absolute Gasteiger partial charge is 0.457 e. The Bertz CT molecular complexity index is 1160. The van der Waals surface area contributed by atoms with Crippen LogP contribution in [0.2, 0.25) is 0 Å². The number of furan rings is 1. The van der Waals surface area contributed by atoms with E-state index in [1.807, 2.05) is 24.3 Å². The lowest BCUT2D eigenvalue weighted by atomic mass is 10.1. The second kappa shape index (κ2) is 7.32. The van der Waals surface area contributed by atoms with Crippen LogP contribution in [0.25, 0.3) is 21.0 Å². The number of nitrogens with one attached hydrogen (secondary N) is 1. The molecule has 0 atom stereocenters. The molecule has 0 fully saturated rings. The summed E-state index contributed by atoms with van der Waals surface area (Å²) in [5.41, 5.74) is -0.0648. The number of aryl methyl sites for hydroxylation is 1. The molecule has 1 N–H and O–H groups in total. The van der Waals surface area contributed by atoms with Gasteiger partial charge in [-0.25, -0.2) is 9.97 Å².